The summed E-state index contributed by atoms with van der Waals surface area (Å²) < 4.78 is 0. The fourth-order valence-corrected chi connectivity index (χ4v) is 3.64. The Balaban J connectivity index is 1.56. The first-order valence-corrected chi connectivity index (χ1v) is 8.88. The van der Waals surface area contributed by atoms with E-state index < -0.39 is 0 Å². The third-order valence-electron chi connectivity index (χ3n) is 4.93. The topological polar surface area (TPSA) is 65.2 Å². The minimum Gasteiger partial charge on any atom is -0.355 e. The highest BCUT2D eigenvalue weighted by Crippen LogP contribution is 2.26. The van der Waals surface area contributed by atoms with Gasteiger partial charge in [-0.25, -0.2) is 0 Å². The van der Waals surface area contributed by atoms with Crippen molar-refractivity contribution in [2.75, 3.05) is 11.9 Å². The molecule has 1 aliphatic heterocycles. The maximum atomic E-state index is 12.6. The van der Waals surface area contributed by atoms with E-state index in [-0.39, 0.29) is 17.9 Å². The van der Waals surface area contributed by atoms with E-state index in [0.29, 0.717) is 13.0 Å². The molecule has 1 saturated heterocycles. The highest BCUT2D eigenvalue weighted by atomic mass is 16.2. The van der Waals surface area contributed by atoms with E-state index in [0.717, 1.165) is 34.3 Å². The third kappa shape index (κ3) is 3.08. The molecule has 2 heterocycles. The number of rotatable bonds is 3. The van der Waals surface area contributed by atoms with Crippen LogP contribution in [0, 0.1) is 0 Å². The zero-order valence-corrected chi connectivity index (χ0v) is 14.7. The number of hydrogen-bond acceptors (Lipinski definition) is 2. The van der Waals surface area contributed by atoms with Gasteiger partial charge in [-0.2, -0.15) is 0 Å². The quantitative estimate of drug-likeness (QED) is 0.757. The molecule has 132 valence electrons. The van der Waals surface area contributed by atoms with E-state index in [1.807, 2.05) is 42.5 Å². The molecule has 1 fully saturated rings. The monoisotopic (exact) mass is 347 g/mol. The van der Waals surface area contributed by atoms with Crippen LogP contribution in [-0.2, 0) is 9.59 Å². The number of likely N-dealkylation sites (tertiary alicyclic amines) is 1. The van der Waals surface area contributed by atoms with Gasteiger partial charge in [-0.15, -0.1) is 0 Å². The van der Waals surface area contributed by atoms with E-state index in [9.17, 15) is 9.59 Å². The first-order valence-electron chi connectivity index (χ1n) is 8.88. The molecule has 3 aromatic rings. The highest BCUT2D eigenvalue weighted by molar-refractivity contribution is 5.98. The maximum absolute atomic E-state index is 12.6. The SMILES string of the molecule is CC(=O)N1CCCC1C(=O)Nc1cccc(-c2cc3ccccc3[nH]2)c1. The number of nitrogens with one attached hydrogen (secondary N) is 2. The van der Waals surface area contributed by atoms with Gasteiger partial charge in [0.05, 0.1) is 0 Å². The van der Waals surface area contributed by atoms with Gasteiger partial charge in [0, 0.05) is 41.3 Å². The number of para-hydroxylation sites is 1. The Labute approximate surface area is 152 Å². The van der Waals surface area contributed by atoms with Gasteiger partial charge in [0.1, 0.15) is 6.04 Å². The number of hydrogen-bond donors (Lipinski definition) is 2. The summed E-state index contributed by atoms with van der Waals surface area (Å²) in [5.41, 5.74) is 3.84. The van der Waals surface area contributed by atoms with E-state index in [4.69, 9.17) is 0 Å². The Kier molecular flexibility index (Phi) is 4.21. The first kappa shape index (κ1) is 16.4. The molecule has 5 nitrogen and oxygen atoms in total. The molecule has 0 saturated carbocycles. The fraction of sp³-hybridized carbons (Fsp3) is 0.238. The highest BCUT2D eigenvalue weighted by Gasteiger charge is 2.32. The van der Waals surface area contributed by atoms with Crippen LogP contribution in [0.1, 0.15) is 19.8 Å². The Bertz CT molecular complexity index is 943. The molecule has 0 radical (unpaired) electrons. The lowest BCUT2D eigenvalue weighted by Gasteiger charge is -2.22. The van der Waals surface area contributed by atoms with Gasteiger partial charge in [-0.05, 0) is 37.1 Å². The molecule has 0 aliphatic carbocycles. The number of nitrogens with zero attached hydrogens (tertiary/aromatic N) is 1. The molecular weight excluding hydrogens is 326 g/mol. The Morgan fingerprint density at radius 1 is 1.12 bits per heavy atom. The van der Waals surface area contributed by atoms with Crippen LogP contribution in [-0.4, -0.2) is 34.3 Å². The number of amides is 2. The Morgan fingerprint density at radius 3 is 2.77 bits per heavy atom. The third-order valence-corrected chi connectivity index (χ3v) is 4.93. The second kappa shape index (κ2) is 6.67. The fourth-order valence-electron chi connectivity index (χ4n) is 3.64. The summed E-state index contributed by atoms with van der Waals surface area (Å²) in [4.78, 5) is 29.3. The average Bonchev–Trinajstić information content (AvgIpc) is 3.29. The van der Waals surface area contributed by atoms with Crippen molar-refractivity contribution in [3.05, 3.63) is 54.6 Å². The molecule has 1 atom stereocenters. The van der Waals surface area contributed by atoms with Crippen molar-refractivity contribution < 1.29 is 9.59 Å². The summed E-state index contributed by atoms with van der Waals surface area (Å²) in [6.45, 7) is 2.17. The number of anilines is 1. The van der Waals surface area contributed by atoms with Gasteiger partial charge in [-0.1, -0.05) is 30.3 Å². The number of fused-ring (bicyclic) bond motifs is 1. The average molecular weight is 347 g/mol. The summed E-state index contributed by atoms with van der Waals surface area (Å²) in [5, 5.41) is 4.12. The van der Waals surface area contributed by atoms with E-state index in [1.165, 1.54) is 6.92 Å². The second-order valence-corrected chi connectivity index (χ2v) is 6.71. The predicted molar refractivity (Wildman–Crippen MR) is 103 cm³/mol. The van der Waals surface area contributed by atoms with Crippen LogP contribution in [0.4, 0.5) is 5.69 Å². The van der Waals surface area contributed by atoms with Crippen LogP contribution in [0.5, 0.6) is 0 Å². The molecule has 2 aromatic carbocycles. The minimum atomic E-state index is -0.371. The van der Waals surface area contributed by atoms with Crippen LogP contribution in [0.2, 0.25) is 0 Å². The smallest absolute Gasteiger partial charge is 0.247 e. The van der Waals surface area contributed by atoms with Crippen molar-refractivity contribution in [3.8, 4) is 11.3 Å². The van der Waals surface area contributed by atoms with Crippen molar-refractivity contribution in [2.45, 2.75) is 25.8 Å². The summed E-state index contributed by atoms with van der Waals surface area (Å²) >= 11 is 0. The molecule has 0 spiro atoms. The van der Waals surface area contributed by atoms with Gasteiger partial charge in [0.25, 0.3) is 0 Å². The molecule has 5 heteroatoms. The van der Waals surface area contributed by atoms with Gasteiger partial charge >= 0.3 is 0 Å². The molecule has 1 aromatic heterocycles. The number of carbonyl (C=O) groups is 2. The Hall–Kier alpha value is -3.08. The van der Waals surface area contributed by atoms with E-state index in [2.05, 4.69) is 22.4 Å². The molecular formula is C21H21N3O2. The Morgan fingerprint density at radius 2 is 1.96 bits per heavy atom. The van der Waals surface area contributed by atoms with Crippen molar-refractivity contribution >= 4 is 28.4 Å². The minimum absolute atomic E-state index is 0.0468. The molecule has 1 unspecified atom stereocenters. The van der Waals surface area contributed by atoms with Gasteiger partial charge in [0.15, 0.2) is 0 Å². The molecule has 2 amide bonds. The number of aromatic nitrogens is 1. The zero-order chi connectivity index (χ0) is 18.1. The lowest BCUT2D eigenvalue weighted by molar-refractivity contribution is -0.134. The van der Waals surface area contributed by atoms with Crippen LogP contribution in [0.25, 0.3) is 22.2 Å². The van der Waals surface area contributed by atoms with Crippen LogP contribution in [0.3, 0.4) is 0 Å². The zero-order valence-electron chi connectivity index (χ0n) is 14.7. The van der Waals surface area contributed by atoms with Gasteiger partial charge in [-0.3, -0.25) is 9.59 Å². The summed E-state index contributed by atoms with van der Waals surface area (Å²) in [6.07, 6.45) is 1.58. The molecule has 2 N–H and O–H groups in total. The van der Waals surface area contributed by atoms with Crippen LogP contribution < -0.4 is 5.32 Å². The first-order chi connectivity index (χ1) is 12.6. The van der Waals surface area contributed by atoms with Crippen molar-refractivity contribution in [1.29, 1.82) is 0 Å². The summed E-state index contributed by atoms with van der Waals surface area (Å²) in [7, 11) is 0. The number of carbonyl (C=O) groups excluding carboxylic acids is 2. The van der Waals surface area contributed by atoms with Crippen LogP contribution >= 0.6 is 0 Å². The largest absolute Gasteiger partial charge is 0.355 e. The van der Waals surface area contributed by atoms with Crippen molar-refractivity contribution in [1.82, 2.24) is 9.88 Å². The molecule has 4 rings (SSSR count). The number of H-pyrrole nitrogens is 1. The maximum Gasteiger partial charge on any atom is 0.247 e. The van der Waals surface area contributed by atoms with Crippen molar-refractivity contribution in [3.63, 3.8) is 0 Å². The van der Waals surface area contributed by atoms with E-state index >= 15 is 0 Å². The standard InChI is InChI=1S/C21H21N3O2/c1-14(25)24-11-5-10-20(24)21(26)22-17-8-4-7-15(12-17)19-13-16-6-2-3-9-18(16)23-19/h2-4,6-9,12-13,20,23H,5,10-11H2,1H3,(H,22,26). The number of aromatic amines is 1. The second-order valence-electron chi connectivity index (χ2n) is 6.71. The van der Waals surface area contributed by atoms with Gasteiger partial charge in [0.2, 0.25) is 11.8 Å². The predicted octanol–water partition coefficient (Wildman–Crippen LogP) is 3.78. The summed E-state index contributed by atoms with van der Waals surface area (Å²) in [6, 6.07) is 17.6. The molecule has 1 aliphatic rings. The number of benzene rings is 2. The lowest BCUT2D eigenvalue weighted by atomic mass is 10.1. The van der Waals surface area contributed by atoms with Crippen LogP contribution in [0.15, 0.2) is 54.6 Å². The lowest BCUT2D eigenvalue weighted by Crippen LogP contribution is -2.42. The molecule has 26 heavy (non-hydrogen) atoms. The molecule has 0 bridgehead atoms. The van der Waals surface area contributed by atoms with E-state index in [1.54, 1.807) is 4.90 Å². The summed E-state index contributed by atoms with van der Waals surface area (Å²) in [5.74, 6) is -0.166. The van der Waals surface area contributed by atoms with Gasteiger partial charge < -0.3 is 15.2 Å². The normalized spacial score (nSPS) is 16.8. The van der Waals surface area contributed by atoms with Crippen molar-refractivity contribution in [2.24, 2.45) is 0 Å².